The van der Waals surface area contributed by atoms with Crippen LogP contribution in [-0.2, 0) is 10.0 Å². The number of rotatable bonds is 3. The number of fused-ring (bicyclic) bond motifs is 1. The first-order chi connectivity index (χ1) is 10.5. The number of benzene rings is 2. The molecule has 2 aromatic carbocycles. The molecule has 3 rings (SSSR count). The summed E-state index contributed by atoms with van der Waals surface area (Å²) in [6.45, 7) is 3.85. The van der Waals surface area contributed by atoms with Gasteiger partial charge in [0, 0.05) is 11.6 Å². The fourth-order valence-corrected chi connectivity index (χ4v) is 3.40. The van der Waals surface area contributed by atoms with Crippen molar-refractivity contribution in [3.63, 3.8) is 0 Å². The van der Waals surface area contributed by atoms with Gasteiger partial charge in [0.25, 0.3) is 10.0 Å². The molecule has 0 aliphatic carbocycles. The molecule has 3 aromatic rings. The van der Waals surface area contributed by atoms with Gasteiger partial charge in [0.05, 0.1) is 16.1 Å². The minimum absolute atomic E-state index is 0.240. The first-order valence-corrected chi connectivity index (χ1v) is 8.39. The van der Waals surface area contributed by atoms with Gasteiger partial charge in [-0.15, -0.1) is 0 Å². The minimum Gasteiger partial charge on any atom is -0.277 e. The molecule has 112 valence electrons. The molecule has 0 saturated carbocycles. The van der Waals surface area contributed by atoms with E-state index in [1.54, 1.807) is 36.5 Å². The van der Waals surface area contributed by atoms with Crippen molar-refractivity contribution in [1.82, 2.24) is 4.98 Å². The highest BCUT2D eigenvalue weighted by Gasteiger charge is 2.16. The molecule has 0 amide bonds. The maximum Gasteiger partial charge on any atom is 0.261 e. The number of aromatic nitrogens is 1. The predicted molar refractivity (Wildman–Crippen MR) is 88.5 cm³/mol. The second-order valence-electron chi connectivity index (χ2n) is 5.31. The maximum atomic E-state index is 12.5. The van der Waals surface area contributed by atoms with Crippen molar-refractivity contribution in [2.45, 2.75) is 18.7 Å². The van der Waals surface area contributed by atoms with E-state index < -0.39 is 10.0 Å². The van der Waals surface area contributed by atoms with Crippen LogP contribution in [0.3, 0.4) is 0 Å². The molecular formula is C17H16N2O2S. The van der Waals surface area contributed by atoms with Gasteiger partial charge >= 0.3 is 0 Å². The Morgan fingerprint density at radius 3 is 2.41 bits per heavy atom. The summed E-state index contributed by atoms with van der Waals surface area (Å²) < 4.78 is 27.7. The summed E-state index contributed by atoms with van der Waals surface area (Å²) in [5.74, 6) is 0. The molecule has 0 bridgehead atoms. The van der Waals surface area contributed by atoms with E-state index in [1.165, 1.54) is 0 Å². The van der Waals surface area contributed by atoms with E-state index in [2.05, 4.69) is 9.71 Å². The van der Waals surface area contributed by atoms with Crippen molar-refractivity contribution in [3.8, 4) is 0 Å². The Morgan fingerprint density at radius 1 is 0.955 bits per heavy atom. The molecular weight excluding hydrogens is 296 g/mol. The van der Waals surface area contributed by atoms with Gasteiger partial charge in [-0.3, -0.25) is 9.71 Å². The standard InChI is InChI=1S/C17H16N2O2S/c1-12-5-7-15(8-6-12)22(20,21)19-16-11-13(2)10-14-4-3-9-18-17(14)16/h3-11,19H,1-2H3. The highest BCUT2D eigenvalue weighted by molar-refractivity contribution is 7.92. The van der Waals surface area contributed by atoms with Crippen molar-refractivity contribution < 1.29 is 8.42 Å². The molecule has 0 fully saturated rings. The molecule has 1 N–H and O–H groups in total. The van der Waals surface area contributed by atoms with Gasteiger partial charge in [-0.1, -0.05) is 23.8 Å². The van der Waals surface area contributed by atoms with Gasteiger partial charge < -0.3 is 0 Å². The number of anilines is 1. The Kier molecular flexibility index (Phi) is 3.58. The van der Waals surface area contributed by atoms with Gasteiger partial charge in [0.15, 0.2) is 0 Å². The van der Waals surface area contributed by atoms with Gasteiger partial charge in [0.1, 0.15) is 0 Å². The molecule has 1 aromatic heterocycles. The van der Waals surface area contributed by atoms with Crippen LogP contribution >= 0.6 is 0 Å². The van der Waals surface area contributed by atoms with Crippen LogP contribution in [0.5, 0.6) is 0 Å². The number of pyridine rings is 1. The van der Waals surface area contributed by atoms with Crippen LogP contribution in [0.2, 0.25) is 0 Å². The minimum atomic E-state index is -3.63. The molecule has 0 aliphatic heterocycles. The van der Waals surface area contributed by atoms with Crippen LogP contribution in [0.25, 0.3) is 10.9 Å². The zero-order valence-corrected chi connectivity index (χ0v) is 13.2. The van der Waals surface area contributed by atoms with Crippen LogP contribution in [0.1, 0.15) is 11.1 Å². The SMILES string of the molecule is Cc1ccc(S(=O)(=O)Nc2cc(C)cc3cccnc23)cc1. The Hall–Kier alpha value is -2.40. The Morgan fingerprint density at radius 2 is 1.68 bits per heavy atom. The van der Waals surface area contributed by atoms with E-state index in [0.717, 1.165) is 16.5 Å². The predicted octanol–water partition coefficient (Wildman–Crippen LogP) is 3.65. The van der Waals surface area contributed by atoms with Crippen LogP contribution < -0.4 is 4.72 Å². The number of nitrogens with zero attached hydrogens (tertiary/aromatic N) is 1. The molecule has 22 heavy (non-hydrogen) atoms. The monoisotopic (exact) mass is 312 g/mol. The number of aryl methyl sites for hydroxylation is 2. The molecule has 0 atom stereocenters. The van der Waals surface area contributed by atoms with Crippen molar-refractivity contribution in [1.29, 1.82) is 0 Å². The van der Waals surface area contributed by atoms with E-state index in [4.69, 9.17) is 0 Å². The molecule has 1 heterocycles. The Bertz CT molecular complexity index is 933. The summed E-state index contributed by atoms with van der Waals surface area (Å²) in [5, 5.41) is 0.907. The van der Waals surface area contributed by atoms with Gasteiger partial charge in [-0.25, -0.2) is 8.42 Å². The van der Waals surface area contributed by atoms with Crippen LogP contribution in [0, 0.1) is 13.8 Å². The number of hydrogen-bond donors (Lipinski definition) is 1. The first-order valence-electron chi connectivity index (χ1n) is 6.90. The largest absolute Gasteiger partial charge is 0.277 e. The van der Waals surface area contributed by atoms with E-state index in [0.29, 0.717) is 11.2 Å². The summed E-state index contributed by atoms with van der Waals surface area (Å²) in [7, 11) is -3.63. The van der Waals surface area contributed by atoms with Crippen LogP contribution in [-0.4, -0.2) is 13.4 Å². The Balaban J connectivity index is 2.07. The summed E-state index contributed by atoms with van der Waals surface area (Å²) in [4.78, 5) is 4.53. The lowest BCUT2D eigenvalue weighted by molar-refractivity contribution is 0.601. The zero-order chi connectivity index (χ0) is 15.7. The zero-order valence-electron chi connectivity index (χ0n) is 12.4. The highest BCUT2D eigenvalue weighted by atomic mass is 32.2. The number of sulfonamides is 1. The smallest absolute Gasteiger partial charge is 0.261 e. The average Bonchev–Trinajstić information content (AvgIpc) is 2.47. The quantitative estimate of drug-likeness (QED) is 0.803. The molecule has 0 aliphatic rings. The fraction of sp³-hybridized carbons (Fsp3) is 0.118. The molecule has 0 spiro atoms. The van der Waals surface area contributed by atoms with Gasteiger partial charge in [-0.05, 0) is 49.7 Å². The van der Waals surface area contributed by atoms with E-state index in [1.807, 2.05) is 32.0 Å². The van der Waals surface area contributed by atoms with Crippen molar-refractivity contribution in [3.05, 3.63) is 65.9 Å². The topological polar surface area (TPSA) is 59.1 Å². The molecule has 0 unspecified atom stereocenters. The summed E-state index contributed by atoms with van der Waals surface area (Å²) in [5.41, 5.74) is 3.13. The molecule has 0 radical (unpaired) electrons. The Labute approximate surface area is 129 Å². The molecule has 5 heteroatoms. The maximum absolute atomic E-state index is 12.5. The normalized spacial score (nSPS) is 11.5. The molecule has 0 saturated heterocycles. The van der Waals surface area contributed by atoms with Gasteiger partial charge in [0.2, 0.25) is 0 Å². The van der Waals surface area contributed by atoms with Crippen molar-refractivity contribution in [2.24, 2.45) is 0 Å². The fourth-order valence-electron chi connectivity index (χ4n) is 2.34. The summed E-state index contributed by atoms with van der Waals surface area (Å²) in [6, 6.07) is 14.3. The van der Waals surface area contributed by atoms with Crippen LogP contribution in [0.4, 0.5) is 5.69 Å². The van der Waals surface area contributed by atoms with Crippen LogP contribution in [0.15, 0.2) is 59.6 Å². The summed E-state index contributed by atoms with van der Waals surface area (Å²) in [6.07, 6.45) is 1.65. The van der Waals surface area contributed by atoms with E-state index >= 15 is 0 Å². The van der Waals surface area contributed by atoms with Crippen molar-refractivity contribution in [2.75, 3.05) is 4.72 Å². The average molecular weight is 312 g/mol. The summed E-state index contributed by atoms with van der Waals surface area (Å²) >= 11 is 0. The third kappa shape index (κ3) is 2.80. The third-order valence-corrected chi connectivity index (χ3v) is 4.81. The first kappa shape index (κ1) is 14.5. The lowest BCUT2D eigenvalue weighted by Gasteiger charge is -2.11. The second kappa shape index (κ2) is 5.42. The van der Waals surface area contributed by atoms with E-state index in [-0.39, 0.29) is 4.90 Å². The van der Waals surface area contributed by atoms with Crippen molar-refractivity contribution >= 4 is 26.6 Å². The second-order valence-corrected chi connectivity index (χ2v) is 6.99. The third-order valence-electron chi connectivity index (χ3n) is 3.42. The van der Waals surface area contributed by atoms with Gasteiger partial charge in [-0.2, -0.15) is 0 Å². The highest BCUT2D eigenvalue weighted by Crippen LogP contribution is 2.25. The van der Waals surface area contributed by atoms with E-state index in [9.17, 15) is 8.42 Å². The molecule has 4 nitrogen and oxygen atoms in total. The number of hydrogen-bond acceptors (Lipinski definition) is 3. The lowest BCUT2D eigenvalue weighted by atomic mass is 10.1. The lowest BCUT2D eigenvalue weighted by Crippen LogP contribution is -2.13. The number of nitrogens with one attached hydrogen (secondary N) is 1.